The molecular weight excluding hydrogens is 462 g/mol. The second-order valence-electron chi connectivity index (χ2n) is 9.17. The predicted molar refractivity (Wildman–Crippen MR) is 139 cm³/mol. The SMILES string of the molecule is COc1ccc2c(c1)CCCN2c1ccnc(Nc2ccc(S(=O)(=O)NCCC(C)C)c(C)c2)n1. The number of benzene rings is 2. The first-order valence-corrected chi connectivity index (χ1v) is 13.4. The maximum Gasteiger partial charge on any atom is 0.240 e. The minimum atomic E-state index is -3.56. The average Bonchev–Trinajstić information content (AvgIpc) is 2.83. The minimum absolute atomic E-state index is 0.279. The van der Waals surface area contributed by atoms with E-state index < -0.39 is 10.0 Å². The van der Waals surface area contributed by atoms with Gasteiger partial charge in [0.1, 0.15) is 11.6 Å². The molecule has 9 heteroatoms. The summed E-state index contributed by atoms with van der Waals surface area (Å²) in [4.78, 5) is 11.6. The molecule has 0 bridgehead atoms. The average molecular weight is 496 g/mol. The van der Waals surface area contributed by atoms with Crippen LogP contribution in [0.5, 0.6) is 5.75 Å². The molecular formula is C26H33N5O3S. The van der Waals surface area contributed by atoms with Crippen molar-refractivity contribution in [2.75, 3.05) is 30.4 Å². The Morgan fingerprint density at radius 1 is 1.14 bits per heavy atom. The van der Waals surface area contributed by atoms with Crippen molar-refractivity contribution in [2.24, 2.45) is 5.92 Å². The number of ether oxygens (including phenoxy) is 1. The molecule has 0 unspecified atom stereocenters. The van der Waals surface area contributed by atoms with Crippen molar-refractivity contribution in [1.82, 2.24) is 14.7 Å². The normalized spacial score (nSPS) is 13.6. The monoisotopic (exact) mass is 495 g/mol. The Labute approximate surface area is 207 Å². The van der Waals surface area contributed by atoms with E-state index in [0.29, 0.717) is 24.0 Å². The summed E-state index contributed by atoms with van der Waals surface area (Å²) in [6, 6.07) is 13.2. The first-order valence-electron chi connectivity index (χ1n) is 11.9. The van der Waals surface area contributed by atoms with Crippen LogP contribution in [0.15, 0.2) is 53.6 Å². The van der Waals surface area contributed by atoms with Gasteiger partial charge in [0.25, 0.3) is 0 Å². The van der Waals surface area contributed by atoms with E-state index >= 15 is 0 Å². The molecule has 2 aromatic carbocycles. The zero-order chi connectivity index (χ0) is 25.0. The Bertz CT molecular complexity index is 1290. The quantitative estimate of drug-likeness (QED) is 0.434. The molecule has 3 aromatic rings. The van der Waals surface area contributed by atoms with Crippen LogP contribution in [0.4, 0.5) is 23.1 Å². The van der Waals surface area contributed by atoms with Crippen LogP contribution in [-0.2, 0) is 16.4 Å². The van der Waals surface area contributed by atoms with Crippen LogP contribution in [0.3, 0.4) is 0 Å². The zero-order valence-corrected chi connectivity index (χ0v) is 21.5. The molecule has 0 spiro atoms. The molecule has 0 atom stereocenters. The molecule has 0 saturated carbocycles. The van der Waals surface area contributed by atoms with Gasteiger partial charge in [-0.25, -0.2) is 18.1 Å². The predicted octanol–water partition coefficient (Wildman–Crippen LogP) is 4.95. The Hall–Kier alpha value is -3.17. The van der Waals surface area contributed by atoms with Crippen LogP contribution in [0.25, 0.3) is 0 Å². The highest BCUT2D eigenvalue weighted by atomic mass is 32.2. The molecule has 0 saturated heterocycles. The van der Waals surface area contributed by atoms with E-state index in [2.05, 4.69) is 45.9 Å². The van der Waals surface area contributed by atoms with Gasteiger partial charge in [0, 0.05) is 30.7 Å². The van der Waals surface area contributed by atoms with Gasteiger partial charge in [-0.15, -0.1) is 0 Å². The smallest absolute Gasteiger partial charge is 0.240 e. The number of nitrogens with zero attached hydrogens (tertiary/aromatic N) is 3. The van der Waals surface area contributed by atoms with Crippen molar-refractivity contribution in [3.63, 3.8) is 0 Å². The summed E-state index contributed by atoms with van der Waals surface area (Å²) in [5.41, 5.74) is 3.74. The maximum atomic E-state index is 12.7. The largest absolute Gasteiger partial charge is 0.497 e. The molecule has 0 fully saturated rings. The lowest BCUT2D eigenvalue weighted by molar-refractivity contribution is 0.414. The van der Waals surface area contributed by atoms with Crippen LogP contribution >= 0.6 is 0 Å². The van der Waals surface area contributed by atoms with Crippen LogP contribution in [-0.4, -0.2) is 38.6 Å². The highest BCUT2D eigenvalue weighted by molar-refractivity contribution is 7.89. The van der Waals surface area contributed by atoms with E-state index in [-0.39, 0.29) is 4.90 Å². The molecule has 1 aliphatic heterocycles. The molecule has 1 aromatic heterocycles. The molecule has 1 aliphatic rings. The Morgan fingerprint density at radius 3 is 2.71 bits per heavy atom. The number of anilines is 4. The summed E-state index contributed by atoms with van der Waals surface area (Å²) < 4.78 is 33.5. The lowest BCUT2D eigenvalue weighted by Crippen LogP contribution is -2.26. The molecule has 186 valence electrons. The third kappa shape index (κ3) is 5.91. The van der Waals surface area contributed by atoms with Crippen molar-refractivity contribution in [3.05, 3.63) is 59.8 Å². The molecule has 35 heavy (non-hydrogen) atoms. The number of aryl methyl sites for hydroxylation is 2. The maximum absolute atomic E-state index is 12.7. The summed E-state index contributed by atoms with van der Waals surface area (Å²) in [5, 5.41) is 3.22. The Kier molecular flexibility index (Phi) is 7.57. The number of methoxy groups -OCH3 is 1. The van der Waals surface area contributed by atoms with Gasteiger partial charge in [0.15, 0.2) is 0 Å². The topological polar surface area (TPSA) is 96.5 Å². The van der Waals surface area contributed by atoms with E-state index in [1.807, 2.05) is 12.1 Å². The number of hydrogen-bond donors (Lipinski definition) is 2. The Balaban J connectivity index is 1.51. The lowest BCUT2D eigenvalue weighted by atomic mass is 10.0. The summed E-state index contributed by atoms with van der Waals surface area (Å²) in [6.07, 6.45) is 4.54. The van der Waals surface area contributed by atoms with Gasteiger partial charge >= 0.3 is 0 Å². The Morgan fingerprint density at radius 2 is 1.97 bits per heavy atom. The molecule has 0 amide bonds. The van der Waals surface area contributed by atoms with Gasteiger partial charge in [-0.1, -0.05) is 13.8 Å². The van der Waals surface area contributed by atoms with Gasteiger partial charge in [-0.2, -0.15) is 4.98 Å². The van der Waals surface area contributed by atoms with Gasteiger partial charge in [0.2, 0.25) is 16.0 Å². The molecule has 4 rings (SSSR count). The van der Waals surface area contributed by atoms with Crippen molar-refractivity contribution in [1.29, 1.82) is 0 Å². The second-order valence-corrected chi connectivity index (χ2v) is 10.9. The first-order chi connectivity index (χ1) is 16.8. The number of nitrogens with one attached hydrogen (secondary N) is 2. The van der Waals surface area contributed by atoms with Crippen molar-refractivity contribution in [2.45, 2.75) is 44.9 Å². The fraction of sp³-hybridized carbons (Fsp3) is 0.385. The summed E-state index contributed by atoms with van der Waals surface area (Å²) in [5.74, 6) is 2.54. The number of sulfonamides is 1. The van der Waals surface area contributed by atoms with Gasteiger partial charge in [-0.05, 0) is 85.7 Å². The third-order valence-electron chi connectivity index (χ3n) is 6.06. The van der Waals surface area contributed by atoms with Crippen molar-refractivity contribution in [3.8, 4) is 5.75 Å². The number of hydrogen-bond acceptors (Lipinski definition) is 7. The first kappa shape index (κ1) is 24.9. The number of fused-ring (bicyclic) bond motifs is 1. The molecule has 8 nitrogen and oxygen atoms in total. The van der Waals surface area contributed by atoms with E-state index in [4.69, 9.17) is 9.72 Å². The van der Waals surface area contributed by atoms with Crippen molar-refractivity contribution < 1.29 is 13.2 Å². The van der Waals surface area contributed by atoms with Crippen molar-refractivity contribution >= 4 is 33.2 Å². The molecule has 0 aliphatic carbocycles. The van der Waals surface area contributed by atoms with Crippen LogP contribution in [0.2, 0.25) is 0 Å². The minimum Gasteiger partial charge on any atom is -0.497 e. The standard InChI is InChI=1S/C26H33N5O3S/c1-18(2)11-14-28-35(32,33)24-10-7-21(16-19(24)3)29-26-27-13-12-25(30-26)31-15-5-6-20-17-22(34-4)8-9-23(20)31/h7-10,12-13,16-18,28H,5-6,11,14-15H2,1-4H3,(H,27,29,30). The van der Waals surface area contributed by atoms with Crippen LogP contribution < -0.4 is 19.7 Å². The van der Waals surface area contributed by atoms with Crippen LogP contribution in [0, 0.1) is 12.8 Å². The van der Waals surface area contributed by atoms with Gasteiger partial charge < -0.3 is 15.0 Å². The van der Waals surface area contributed by atoms with E-state index in [9.17, 15) is 8.42 Å². The summed E-state index contributed by atoms with van der Waals surface area (Å²) in [6.45, 7) is 7.21. The van der Waals surface area contributed by atoms with Crippen LogP contribution in [0.1, 0.15) is 37.8 Å². The summed E-state index contributed by atoms with van der Waals surface area (Å²) in [7, 11) is -1.88. The third-order valence-corrected chi connectivity index (χ3v) is 7.68. The summed E-state index contributed by atoms with van der Waals surface area (Å²) >= 11 is 0. The molecule has 0 radical (unpaired) electrons. The fourth-order valence-corrected chi connectivity index (χ4v) is 5.49. The molecule has 2 heterocycles. The molecule has 2 N–H and O–H groups in total. The zero-order valence-electron chi connectivity index (χ0n) is 20.7. The second kappa shape index (κ2) is 10.6. The highest BCUT2D eigenvalue weighted by Crippen LogP contribution is 2.35. The van der Waals surface area contributed by atoms with E-state index in [0.717, 1.165) is 48.7 Å². The lowest BCUT2D eigenvalue weighted by Gasteiger charge is -2.30. The van der Waals surface area contributed by atoms with Gasteiger partial charge in [0.05, 0.1) is 12.0 Å². The van der Waals surface area contributed by atoms with E-state index in [1.165, 1.54) is 5.56 Å². The van der Waals surface area contributed by atoms with Gasteiger partial charge in [-0.3, -0.25) is 0 Å². The number of rotatable bonds is 9. The fourth-order valence-electron chi connectivity index (χ4n) is 4.22. The highest BCUT2D eigenvalue weighted by Gasteiger charge is 2.21. The number of aromatic nitrogens is 2. The van der Waals surface area contributed by atoms with E-state index in [1.54, 1.807) is 38.4 Å².